The Labute approximate surface area is 165 Å². The van der Waals surface area contributed by atoms with E-state index in [9.17, 15) is 0 Å². The monoisotopic (exact) mass is 375 g/mol. The molecular formula is C22H25N5O. The van der Waals surface area contributed by atoms with E-state index < -0.39 is 0 Å². The molecule has 0 saturated carbocycles. The first-order valence-corrected chi connectivity index (χ1v) is 9.52. The van der Waals surface area contributed by atoms with E-state index in [2.05, 4.69) is 58.5 Å². The van der Waals surface area contributed by atoms with Crippen LogP contribution >= 0.6 is 0 Å². The zero-order valence-electron chi connectivity index (χ0n) is 16.6. The summed E-state index contributed by atoms with van der Waals surface area (Å²) in [6.45, 7) is 1.04. The molecule has 0 radical (unpaired) electrons. The van der Waals surface area contributed by atoms with Gasteiger partial charge in [-0.25, -0.2) is 15.0 Å². The molecule has 6 nitrogen and oxygen atoms in total. The zero-order valence-corrected chi connectivity index (χ0v) is 16.6. The van der Waals surface area contributed by atoms with Crippen molar-refractivity contribution < 1.29 is 4.74 Å². The predicted octanol–water partition coefficient (Wildman–Crippen LogP) is 3.49. The quantitative estimate of drug-likeness (QED) is 0.712. The van der Waals surface area contributed by atoms with Gasteiger partial charge in [-0.2, -0.15) is 0 Å². The Hall–Kier alpha value is -2.99. The fraction of sp³-hybridized carbons (Fsp3) is 0.318. The predicted molar refractivity (Wildman–Crippen MR) is 111 cm³/mol. The van der Waals surface area contributed by atoms with Crippen molar-refractivity contribution in [2.75, 3.05) is 33.1 Å². The standard InChI is InChI=1S/C22H25N5O/c1-27(2)11-10-15-4-8-18(9-5-15)25-22-24-14-17-7-6-16-13-23-20(28-3)12-19(16)21(17)26-22/h4-5,8-9,12-14H,6-7,10-11H2,1-3H3,(H,24,25,26). The van der Waals surface area contributed by atoms with Crippen molar-refractivity contribution in [3.63, 3.8) is 0 Å². The highest BCUT2D eigenvalue weighted by Gasteiger charge is 2.20. The number of hydrogen-bond donors (Lipinski definition) is 1. The van der Waals surface area contributed by atoms with Crippen LogP contribution in [0.4, 0.5) is 11.6 Å². The number of rotatable bonds is 6. The molecule has 0 saturated heterocycles. The van der Waals surface area contributed by atoms with E-state index in [0.717, 1.165) is 48.3 Å². The van der Waals surface area contributed by atoms with Gasteiger partial charge in [-0.3, -0.25) is 0 Å². The summed E-state index contributed by atoms with van der Waals surface area (Å²) in [6, 6.07) is 10.4. The lowest BCUT2D eigenvalue weighted by Crippen LogP contribution is -2.14. The molecule has 0 amide bonds. The number of benzene rings is 1. The number of hydrogen-bond acceptors (Lipinski definition) is 6. The number of nitrogens with one attached hydrogen (secondary N) is 1. The lowest BCUT2D eigenvalue weighted by molar-refractivity contribution is 0.397. The molecular weight excluding hydrogens is 350 g/mol. The first kappa shape index (κ1) is 18.4. The molecule has 144 valence electrons. The molecule has 4 rings (SSSR count). The minimum Gasteiger partial charge on any atom is -0.481 e. The van der Waals surface area contributed by atoms with Gasteiger partial charge < -0.3 is 15.0 Å². The summed E-state index contributed by atoms with van der Waals surface area (Å²) in [6.07, 6.45) is 6.72. The van der Waals surface area contributed by atoms with E-state index in [1.807, 2.05) is 18.5 Å². The second-order valence-corrected chi connectivity index (χ2v) is 7.33. The van der Waals surface area contributed by atoms with Gasteiger partial charge in [-0.15, -0.1) is 0 Å². The SMILES string of the molecule is COc1cc2c(cn1)CCc1cnc(Nc3ccc(CCN(C)C)cc3)nc1-2. The Morgan fingerprint density at radius 2 is 1.79 bits per heavy atom. The van der Waals surface area contributed by atoms with Gasteiger partial charge in [-0.1, -0.05) is 12.1 Å². The van der Waals surface area contributed by atoms with Crippen molar-refractivity contribution in [3.8, 4) is 17.1 Å². The highest BCUT2D eigenvalue weighted by Crippen LogP contribution is 2.34. The highest BCUT2D eigenvalue weighted by atomic mass is 16.5. The van der Waals surface area contributed by atoms with Crippen LogP contribution in [0.25, 0.3) is 11.3 Å². The fourth-order valence-electron chi connectivity index (χ4n) is 3.38. The molecule has 2 heterocycles. The third-order valence-electron chi connectivity index (χ3n) is 5.01. The maximum absolute atomic E-state index is 5.29. The number of nitrogens with zero attached hydrogens (tertiary/aromatic N) is 4. The van der Waals surface area contributed by atoms with Gasteiger partial charge in [-0.05, 0) is 62.2 Å². The van der Waals surface area contributed by atoms with Crippen molar-refractivity contribution >= 4 is 11.6 Å². The molecule has 3 aromatic rings. The molecule has 0 fully saturated rings. The minimum absolute atomic E-state index is 0.600. The van der Waals surface area contributed by atoms with Crippen LogP contribution in [0.3, 0.4) is 0 Å². The number of likely N-dealkylation sites (N-methyl/N-ethyl adjacent to an activating group) is 1. The Kier molecular flexibility index (Phi) is 5.21. The third kappa shape index (κ3) is 3.97. The summed E-state index contributed by atoms with van der Waals surface area (Å²) in [4.78, 5) is 15.8. The average molecular weight is 375 g/mol. The Morgan fingerprint density at radius 1 is 1.04 bits per heavy atom. The lowest BCUT2D eigenvalue weighted by atomic mass is 9.91. The molecule has 0 atom stereocenters. The van der Waals surface area contributed by atoms with E-state index in [1.165, 1.54) is 11.1 Å². The molecule has 1 N–H and O–H groups in total. The Morgan fingerprint density at radius 3 is 2.54 bits per heavy atom. The van der Waals surface area contributed by atoms with Gasteiger partial charge >= 0.3 is 0 Å². The smallest absolute Gasteiger partial charge is 0.227 e. The molecule has 0 spiro atoms. The molecule has 0 bridgehead atoms. The van der Waals surface area contributed by atoms with Crippen LogP contribution in [0.15, 0.2) is 42.7 Å². The van der Waals surface area contributed by atoms with Crippen LogP contribution in [0, 0.1) is 0 Å². The van der Waals surface area contributed by atoms with E-state index in [-0.39, 0.29) is 0 Å². The molecule has 0 aliphatic heterocycles. The van der Waals surface area contributed by atoms with Crippen LogP contribution in [-0.2, 0) is 19.3 Å². The summed E-state index contributed by atoms with van der Waals surface area (Å²) in [5, 5.41) is 3.33. The van der Waals surface area contributed by atoms with E-state index in [0.29, 0.717) is 11.8 Å². The molecule has 28 heavy (non-hydrogen) atoms. The van der Waals surface area contributed by atoms with Crippen LogP contribution < -0.4 is 10.1 Å². The average Bonchev–Trinajstić information content (AvgIpc) is 2.72. The maximum atomic E-state index is 5.29. The third-order valence-corrected chi connectivity index (χ3v) is 5.01. The van der Waals surface area contributed by atoms with Crippen LogP contribution in [0.1, 0.15) is 16.7 Å². The number of anilines is 2. The van der Waals surface area contributed by atoms with Gasteiger partial charge in [0.05, 0.1) is 12.8 Å². The van der Waals surface area contributed by atoms with Crippen molar-refractivity contribution in [1.29, 1.82) is 0 Å². The van der Waals surface area contributed by atoms with Crippen LogP contribution in [0.5, 0.6) is 5.88 Å². The fourth-order valence-corrected chi connectivity index (χ4v) is 3.38. The van der Waals surface area contributed by atoms with E-state index in [1.54, 1.807) is 7.11 Å². The minimum atomic E-state index is 0.600. The van der Waals surface area contributed by atoms with Crippen molar-refractivity contribution in [2.45, 2.75) is 19.3 Å². The number of aryl methyl sites for hydroxylation is 2. The normalized spacial score (nSPS) is 12.4. The summed E-state index contributed by atoms with van der Waals surface area (Å²) in [7, 11) is 5.81. The number of ether oxygens (including phenoxy) is 1. The van der Waals surface area contributed by atoms with Crippen molar-refractivity contribution in [1.82, 2.24) is 19.9 Å². The molecule has 1 aliphatic carbocycles. The molecule has 2 aromatic heterocycles. The molecule has 1 aromatic carbocycles. The Balaban J connectivity index is 1.56. The molecule has 6 heteroatoms. The van der Waals surface area contributed by atoms with Crippen molar-refractivity contribution in [3.05, 3.63) is 59.4 Å². The van der Waals surface area contributed by atoms with E-state index >= 15 is 0 Å². The molecule has 0 unspecified atom stereocenters. The number of fused-ring (bicyclic) bond motifs is 3. The summed E-state index contributed by atoms with van der Waals surface area (Å²) in [5.74, 6) is 1.21. The first-order chi connectivity index (χ1) is 13.6. The Bertz CT molecular complexity index is 969. The lowest BCUT2D eigenvalue weighted by Gasteiger charge is -2.19. The second kappa shape index (κ2) is 7.94. The van der Waals surface area contributed by atoms with E-state index in [4.69, 9.17) is 9.72 Å². The largest absolute Gasteiger partial charge is 0.481 e. The first-order valence-electron chi connectivity index (χ1n) is 9.52. The van der Waals surface area contributed by atoms with Gasteiger partial charge in [0, 0.05) is 36.3 Å². The zero-order chi connectivity index (χ0) is 19.5. The van der Waals surface area contributed by atoms with Gasteiger partial charge in [0.1, 0.15) is 0 Å². The van der Waals surface area contributed by atoms with Crippen molar-refractivity contribution in [2.24, 2.45) is 0 Å². The van der Waals surface area contributed by atoms with Crippen LogP contribution in [0.2, 0.25) is 0 Å². The highest BCUT2D eigenvalue weighted by molar-refractivity contribution is 5.71. The van der Waals surface area contributed by atoms with Gasteiger partial charge in [0.15, 0.2) is 0 Å². The number of pyridine rings is 1. The topological polar surface area (TPSA) is 63.2 Å². The number of methoxy groups -OCH3 is 1. The summed E-state index contributed by atoms with van der Waals surface area (Å²) in [5.41, 5.74) is 6.70. The van der Waals surface area contributed by atoms with Gasteiger partial charge in [0.25, 0.3) is 0 Å². The van der Waals surface area contributed by atoms with Gasteiger partial charge in [0.2, 0.25) is 11.8 Å². The summed E-state index contributed by atoms with van der Waals surface area (Å²) >= 11 is 0. The second-order valence-electron chi connectivity index (χ2n) is 7.33. The molecule has 1 aliphatic rings. The number of aromatic nitrogens is 3. The summed E-state index contributed by atoms with van der Waals surface area (Å²) < 4.78 is 5.29. The maximum Gasteiger partial charge on any atom is 0.227 e. The van der Waals surface area contributed by atoms with Crippen LogP contribution in [-0.4, -0.2) is 47.6 Å².